The fraction of sp³-hybridized carbons (Fsp3) is 0.900. The van der Waals surface area contributed by atoms with Gasteiger partial charge in [0.1, 0.15) is 5.84 Å². The Hall–Kier alpha value is -0.660. The van der Waals surface area contributed by atoms with Gasteiger partial charge in [-0.3, -0.25) is 5.41 Å². The van der Waals surface area contributed by atoms with Gasteiger partial charge in [-0.25, -0.2) is 4.72 Å². The highest BCUT2D eigenvalue weighted by Crippen LogP contribution is 2.19. The minimum absolute atomic E-state index is 0.0698. The Morgan fingerprint density at radius 2 is 2.18 bits per heavy atom. The number of nitrogens with two attached hydrogens (primary N) is 1. The molecular weight excluding hydrogens is 240 g/mol. The monoisotopic (exact) mass is 262 g/mol. The van der Waals surface area contributed by atoms with Crippen molar-refractivity contribution in [2.75, 3.05) is 13.1 Å². The zero-order valence-electron chi connectivity index (χ0n) is 10.4. The van der Waals surface area contributed by atoms with Crippen LogP contribution >= 0.6 is 0 Å². The van der Waals surface area contributed by atoms with E-state index in [2.05, 4.69) is 4.72 Å². The van der Waals surface area contributed by atoms with E-state index in [0.717, 1.165) is 12.8 Å². The van der Waals surface area contributed by atoms with Crippen LogP contribution < -0.4 is 10.5 Å². The van der Waals surface area contributed by atoms with Crippen LogP contribution in [0.2, 0.25) is 0 Å². The Balaban J connectivity index is 2.76. The molecule has 1 aliphatic heterocycles. The van der Waals surface area contributed by atoms with Crippen molar-refractivity contribution in [2.24, 2.45) is 11.7 Å². The first-order valence-corrected chi connectivity index (χ1v) is 7.39. The van der Waals surface area contributed by atoms with Crippen molar-refractivity contribution in [1.82, 2.24) is 9.03 Å². The smallest absolute Gasteiger partial charge is 0.280 e. The van der Waals surface area contributed by atoms with Gasteiger partial charge in [0.15, 0.2) is 0 Å². The number of nitrogens with one attached hydrogen (secondary N) is 2. The molecule has 1 saturated heterocycles. The van der Waals surface area contributed by atoms with Gasteiger partial charge in [-0.2, -0.15) is 12.7 Å². The van der Waals surface area contributed by atoms with Crippen molar-refractivity contribution < 1.29 is 8.42 Å². The highest BCUT2D eigenvalue weighted by atomic mass is 32.2. The van der Waals surface area contributed by atoms with E-state index >= 15 is 0 Å². The van der Waals surface area contributed by atoms with Crippen LogP contribution in [0.3, 0.4) is 0 Å². The maximum absolute atomic E-state index is 12.1. The molecule has 100 valence electrons. The lowest BCUT2D eigenvalue weighted by Crippen LogP contribution is -2.54. The lowest BCUT2D eigenvalue weighted by atomic mass is 10.0. The molecule has 0 saturated carbocycles. The van der Waals surface area contributed by atoms with Gasteiger partial charge in [-0.1, -0.05) is 20.3 Å². The molecule has 1 unspecified atom stereocenters. The van der Waals surface area contributed by atoms with Crippen LogP contribution in [0.25, 0.3) is 0 Å². The topological polar surface area (TPSA) is 99.3 Å². The first kappa shape index (κ1) is 14.4. The van der Waals surface area contributed by atoms with Crippen LogP contribution in [0, 0.1) is 11.3 Å². The maximum atomic E-state index is 12.1. The summed E-state index contributed by atoms with van der Waals surface area (Å²) in [6.45, 7) is 4.74. The zero-order chi connectivity index (χ0) is 13.1. The van der Waals surface area contributed by atoms with Crippen LogP contribution in [0.5, 0.6) is 0 Å². The molecule has 0 aliphatic carbocycles. The van der Waals surface area contributed by atoms with E-state index in [1.807, 2.05) is 13.8 Å². The minimum atomic E-state index is -3.51. The zero-order valence-corrected chi connectivity index (χ0v) is 11.3. The average molecular weight is 262 g/mol. The molecule has 0 radical (unpaired) electrons. The first-order chi connectivity index (χ1) is 7.84. The van der Waals surface area contributed by atoms with E-state index in [0.29, 0.717) is 19.5 Å². The summed E-state index contributed by atoms with van der Waals surface area (Å²) in [5, 5.41) is 7.46. The second-order valence-corrected chi connectivity index (χ2v) is 6.53. The molecule has 1 aliphatic rings. The molecule has 6 nitrogen and oxygen atoms in total. The van der Waals surface area contributed by atoms with E-state index in [4.69, 9.17) is 11.1 Å². The van der Waals surface area contributed by atoms with Crippen molar-refractivity contribution in [3.8, 4) is 0 Å². The molecule has 0 spiro atoms. The second kappa shape index (κ2) is 5.79. The van der Waals surface area contributed by atoms with Gasteiger partial charge in [0.05, 0.1) is 6.04 Å². The molecular formula is C10H22N4O2S. The highest BCUT2D eigenvalue weighted by molar-refractivity contribution is 7.87. The second-order valence-electron chi connectivity index (χ2n) is 4.82. The third-order valence-corrected chi connectivity index (χ3v) is 4.38. The maximum Gasteiger partial charge on any atom is 0.280 e. The predicted octanol–water partition coefficient (Wildman–Crippen LogP) is 0.267. The summed E-state index contributed by atoms with van der Waals surface area (Å²) in [6.07, 6.45) is 2.38. The molecule has 17 heavy (non-hydrogen) atoms. The van der Waals surface area contributed by atoms with E-state index < -0.39 is 16.3 Å². The fourth-order valence-electron chi connectivity index (χ4n) is 1.86. The van der Waals surface area contributed by atoms with E-state index in [-0.39, 0.29) is 11.8 Å². The molecule has 0 bridgehead atoms. The molecule has 1 fully saturated rings. The standard InChI is InChI=1S/C10H22N4O2S/c1-8(2)7-13-17(15,16)14-6-4-3-5-9(14)10(11)12/h8-9,13H,3-7H2,1-2H3,(H3,11,12). The number of piperidine rings is 1. The Morgan fingerprint density at radius 1 is 1.53 bits per heavy atom. The van der Waals surface area contributed by atoms with Crippen LogP contribution in [-0.4, -0.2) is 37.7 Å². The number of rotatable bonds is 5. The molecule has 0 aromatic rings. The summed E-state index contributed by atoms with van der Waals surface area (Å²) in [6, 6.07) is -0.478. The Bertz CT molecular complexity index is 367. The van der Waals surface area contributed by atoms with Gasteiger partial charge in [0.25, 0.3) is 10.2 Å². The lowest BCUT2D eigenvalue weighted by molar-refractivity contribution is 0.299. The van der Waals surface area contributed by atoms with Crippen molar-refractivity contribution >= 4 is 16.0 Å². The van der Waals surface area contributed by atoms with Gasteiger partial charge in [0.2, 0.25) is 0 Å². The lowest BCUT2D eigenvalue weighted by Gasteiger charge is -2.33. The summed E-state index contributed by atoms with van der Waals surface area (Å²) < 4.78 is 28.0. The number of amidine groups is 1. The molecule has 1 atom stereocenters. The van der Waals surface area contributed by atoms with Crippen molar-refractivity contribution in [2.45, 2.75) is 39.2 Å². The SMILES string of the molecule is CC(C)CNS(=O)(=O)N1CCCCC1C(=N)N. The predicted molar refractivity (Wildman–Crippen MR) is 68.0 cm³/mol. The molecule has 1 rings (SSSR count). The number of hydrogen-bond donors (Lipinski definition) is 3. The van der Waals surface area contributed by atoms with Gasteiger partial charge in [0, 0.05) is 13.1 Å². The summed E-state index contributed by atoms with van der Waals surface area (Å²) in [5.41, 5.74) is 5.46. The Labute approximate surface area is 103 Å². The van der Waals surface area contributed by atoms with Crippen LogP contribution in [-0.2, 0) is 10.2 Å². The van der Waals surface area contributed by atoms with E-state index in [1.54, 1.807) is 0 Å². The van der Waals surface area contributed by atoms with Gasteiger partial charge in [-0.15, -0.1) is 0 Å². The normalized spacial score (nSPS) is 22.9. The minimum Gasteiger partial charge on any atom is -0.386 e. The summed E-state index contributed by atoms with van der Waals surface area (Å²) in [4.78, 5) is 0. The molecule has 0 aromatic carbocycles. The fourth-order valence-corrected chi connectivity index (χ4v) is 3.49. The summed E-state index contributed by atoms with van der Waals surface area (Å²) >= 11 is 0. The Kier molecular flexibility index (Phi) is 4.91. The van der Waals surface area contributed by atoms with E-state index in [1.165, 1.54) is 4.31 Å². The molecule has 0 amide bonds. The molecule has 1 heterocycles. The van der Waals surface area contributed by atoms with Gasteiger partial charge < -0.3 is 5.73 Å². The molecule has 4 N–H and O–H groups in total. The van der Waals surface area contributed by atoms with Crippen LogP contribution in [0.4, 0.5) is 0 Å². The van der Waals surface area contributed by atoms with Crippen molar-refractivity contribution in [3.63, 3.8) is 0 Å². The van der Waals surface area contributed by atoms with E-state index in [9.17, 15) is 8.42 Å². The average Bonchev–Trinajstić information content (AvgIpc) is 2.26. The van der Waals surface area contributed by atoms with Gasteiger partial charge >= 0.3 is 0 Å². The first-order valence-electron chi connectivity index (χ1n) is 5.95. The Morgan fingerprint density at radius 3 is 2.71 bits per heavy atom. The summed E-state index contributed by atoms with van der Waals surface area (Å²) in [5.74, 6) is 0.185. The summed E-state index contributed by atoms with van der Waals surface area (Å²) in [7, 11) is -3.51. The quantitative estimate of drug-likeness (QED) is 0.489. The van der Waals surface area contributed by atoms with Crippen LogP contribution in [0.15, 0.2) is 0 Å². The number of nitrogens with zero attached hydrogens (tertiary/aromatic N) is 1. The number of hydrogen-bond acceptors (Lipinski definition) is 3. The third-order valence-electron chi connectivity index (χ3n) is 2.80. The van der Waals surface area contributed by atoms with Crippen molar-refractivity contribution in [3.05, 3.63) is 0 Å². The molecule has 0 aromatic heterocycles. The van der Waals surface area contributed by atoms with Crippen LogP contribution in [0.1, 0.15) is 33.1 Å². The highest BCUT2D eigenvalue weighted by Gasteiger charge is 2.33. The largest absolute Gasteiger partial charge is 0.386 e. The third kappa shape index (κ3) is 3.93. The van der Waals surface area contributed by atoms with Gasteiger partial charge in [-0.05, 0) is 18.8 Å². The van der Waals surface area contributed by atoms with Crippen molar-refractivity contribution in [1.29, 1.82) is 5.41 Å². The molecule has 7 heteroatoms.